The lowest BCUT2D eigenvalue weighted by Crippen LogP contribution is -2.49. The molecule has 25 heavy (non-hydrogen) atoms. The van der Waals surface area contributed by atoms with E-state index in [1.165, 1.54) is 8.61 Å². The van der Waals surface area contributed by atoms with Crippen LogP contribution in [-0.2, 0) is 24.8 Å². The van der Waals surface area contributed by atoms with Gasteiger partial charge in [-0.2, -0.15) is 4.31 Å². The van der Waals surface area contributed by atoms with Crippen molar-refractivity contribution in [2.45, 2.75) is 12.8 Å². The first-order chi connectivity index (χ1) is 11.6. The minimum atomic E-state index is -3.36. The number of nitrogens with one attached hydrogen (secondary N) is 1. The van der Waals surface area contributed by atoms with Crippen molar-refractivity contribution in [1.82, 2.24) is 18.8 Å². The Labute approximate surface area is 150 Å². The fourth-order valence-electron chi connectivity index (χ4n) is 3.09. The lowest BCUT2D eigenvalue weighted by molar-refractivity contribution is -0.125. The van der Waals surface area contributed by atoms with Gasteiger partial charge in [-0.15, -0.1) is 0 Å². The van der Waals surface area contributed by atoms with Crippen molar-refractivity contribution in [1.29, 1.82) is 0 Å². The molecule has 0 aromatic rings. The van der Waals surface area contributed by atoms with Gasteiger partial charge in [0.1, 0.15) is 0 Å². The summed E-state index contributed by atoms with van der Waals surface area (Å²) in [6.07, 6.45) is 2.09. The van der Waals surface area contributed by atoms with E-state index in [0.717, 1.165) is 6.26 Å². The van der Waals surface area contributed by atoms with E-state index in [9.17, 15) is 21.6 Å². The lowest BCUT2D eigenvalue weighted by Gasteiger charge is -2.31. The van der Waals surface area contributed by atoms with Crippen molar-refractivity contribution in [3.63, 3.8) is 0 Å². The van der Waals surface area contributed by atoms with Crippen LogP contribution in [0.15, 0.2) is 0 Å². The topological polar surface area (TPSA) is 107 Å². The largest absolute Gasteiger partial charge is 0.355 e. The fraction of sp³-hybridized carbons (Fsp3) is 0.929. The Morgan fingerprint density at radius 2 is 1.52 bits per heavy atom. The van der Waals surface area contributed by atoms with Gasteiger partial charge in [0.15, 0.2) is 0 Å². The molecular weight excluding hydrogens is 368 g/mol. The van der Waals surface area contributed by atoms with Crippen LogP contribution < -0.4 is 5.32 Å². The Morgan fingerprint density at radius 3 is 2.04 bits per heavy atom. The standard InChI is InChI=1S/C14H28N4O5S2/c1-16-8-10-18(11-9-16)25(22,23)12-5-15-14(19)13-3-6-17(7-4-13)24(2,20)21/h13H,3-12H2,1-2H3,(H,15,19). The lowest BCUT2D eigenvalue weighted by atomic mass is 9.97. The zero-order valence-electron chi connectivity index (χ0n) is 14.8. The monoisotopic (exact) mass is 396 g/mol. The molecule has 2 fully saturated rings. The summed E-state index contributed by atoms with van der Waals surface area (Å²) in [5.41, 5.74) is 0. The highest BCUT2D eigenvalue weighted by atomic mass is 32.2. The van der Waals surface area contributed by atoms with Crippen LogP contribution in [0.4, 0.5) is 0 Å². The van der Waals surface area contributed by atoms with E-state index in [1.807, 2.05) is 7.05 Å². The average molecular weight is 397 g/mol. The molecule has 0 bridgehead atoms. The van der Waals surface area contributed by atoms with Crippen LogP contribution in [0.25, 0.3) is 0 Å². The van der Waals surface area contributed by atoms with Crippen molar-refractivity contribution >= 4 is 26.0 Å². The van der Waals surface area contributed by atoms with Gasteiger partial charge in [-0.1, -0.05) is 0 Å². The van der Waals surface area contributed by atoms with Crippen LogP contribution in [0.1, 0.15) is 12.8 Å². The molecule has 1 N–H and O–H groups in total. The Kier molecular flexibility index (Phi) is 6.82. The van der Waals surface area contributed by atoms with Crippen molar-refractivity contribution in [3.8, 4) is 0 Å². The average Bonchev–Trinajstić information content (AvgIpc) is 2.54. The second-order valence-corrected chi connectivity index (χ2v) is 10.8. The van der Waals surface area contributed by atoms with Crippen LogP contribution in [0, 0.1) is 5.92 Å². The van der Waals surface area contributed by atoms with E-state index < -0.39 is 20.0 Å². The maximum Gasteiger partial charge on any atom is 0.223 e. The van der Waals surface area contributed by atoms with Gasteiger partial charge in [0.2, 0.25) is 26.0 Å². The highest BCUT2D eigenvalue weighted by Gasteiger charge is 2.29. The van der Waals surface area contributed by atoms with Crippen LogP contribution in [0.3, 0.4) is 0 Å². The zero-order chi connectivity index (χ0) is 18.7. The van der Waals surface area contributed by atoms with Gasteiger partial charge in [-0.05, 0) is 19.9 Å². The third kappa shape index (κ3) is 5.88. The minimum Gasteiger partial charge on any atom is -0.355 e. The summed E-state index contributed by atoms with van der Waals surface area (Å²) >= 11 is 0. The molecule has 0 unspecified atom stereocenters. The summed E-state index contributed by atoms with van der Waals surface area (Å²) < 4.78 is 50.4. The molecule has 11 heteroatoms. The van der Waals surface area contributed by atoms with Crippen molar-refractivity contribution in [3.05, 3.63) is 0 Å². The molecule has 0 atom stereocenters. The summed E-state index contributed by atoms with van der Waals surface area (Å²) in [6.45, 7) is 3.13. The molecule has 0 aromatic carbocycles. The number of hydrogen-bond donors (Lipinski definition) is 1. The number of carbonyl (C=O) groups excluding carboxylic acids is 1. The molecule has 0 saturated carbocycles. The first-order valence-corrected chi connectivity index (χ1v) is 11.9. The second-order valence-electron chi connectivity index (χ2n) is 6.75. The van der Waals surface area contributed by atoms with Crippen LogP contribution in [0.5, 0.6) is 0 Å². The van der Waals surface area contributed by atoms with E-state index in [1.54, 1.807) is 0 Å². The quantitative estimate of drug-likeness (QED) is 0.577. The number of carbonyl (C=O) groups is 1. The van der Waals surface area contributed by atoms with Crippen molar-refractivity contribution < 1.29 is 21.6 Å². The molecule has 2 saturated heterocycles. The molecule has 146 valence electrons. The minimum absolute atomic E-state index is 0.0831. The Bertz CT molecular complexity index is 663. The SMILES string of the molecule is CN1CCN(S(=O)(=O)CCNC(=O)C2CCN(S(C)(=O)=O)CC2)CC1. The number of likely N-dealkylation sites (N-methyl/N-ethyl adjacent to an activating group) is 1. The summed E-state index contributed by atoms with van der Waals surface area (Å²) in [6, 6.07) is 0. The van der Waals surface area contributed by atoms with Gasteiger partial charge >= 0.3 is 0 Å². The van der Waals surface area contributed by atoms with Gasteiger partial charge in [-0.3, -0.25) is 4.79 Å². The molecular formula is C14H28N4O5S2. The Morgan fingerprint density at radius 1 is 0.960 bits per heavy atom. The van der Waals surface area contributed by atoms with Gasteiger partial charge in [0.05, 0.1) is 12.0 Å². The fourth-order valence-corrected chi connectivity index (χ4v) is 5.30. The first-order valence-electron chi connectivity index (χ1n) is 8.49. The molecule has 0 aliphatic carbocycles. The van der Waals surface area contributed by atoms with Gasteiger partial charge < -0.3 is 10.2 Å². The first kappa shape index (κ1) is 20.6. The Hall–Kier alpha value is -0.750. The second kappa shape index (κ2) is 8.30. The van der Waals surface area contributed by atoms with E-state index in [-0.39, 0.29) is 24.1 Å². The van der Waals surface area contributed by atoms with E-state index in [0.29, 0.717) is 52.1 Å². The van der Waals surface area contributed by atoms with Gasteiger partial charge in [0.25, 0.3) is 0 Å². The van der Waals surface area contributed by atoms with Gasteiger partial charge in [0, 0.05) is 51.7 Å². The van der Waals surface area contributed by atoms with Crippen LogP contribution in [0.2, 0.25) is 0 Å². The molecule has 2 aliphatic heterocycles. The van der Waals surface area contributed by atoms with E-state index in [2.05, 4.69) is 10.2 Å². The van der Waals surface area contributed by atoms with Crippen molar-refractivity contribution in [2.24, 2.45) is 5.92 Å². The molecule has 2 heterocycles. The number of amides is 1. The maximum absolute atomic E-state index is 12.3. The highest BCUT2D eigenvalue weighted by molar-refractivity contribution is 7.89. The normalized spacial score (nSPS) is 22.8. The molecule has 9 nitrogen and oxygen atoms in total. The molecule has 0 aromatic heterocycles. The number of sulfonamides is 2. The summed E-state index contributed by atoms with van der Waals surface area (Å²) in [5.74, 6) is -0.559. The molecule has 2 aliphatic rings. The number of nitrogens with zero attached hydrogens (tertiary/aromatic N) is 3. The molecule has 2 rings (SSSR count). The predicted octanol–water partition coefficient (Wildman–Crippen LogP) is -1.65. The third-order valence-electron chi connectivity index (χ3n) is 4.81. The highest BCUT2D eigenvalue weighted by Crippen LogP contribution is 2.19. The molecule has 0 spiro atoms. The van der Waals surface area contributed by atoms with E-state index in [4.69, 9.17) is 0 Å². The predicted molar refractivity (Wildman–Crippen MR) is 95.0 cm³/mol. The summed E-state index contributed by atoms with van der Waals surface area (Å²) in [4.78, 5) is 14.2. The number of piperidine rings is 1. The third-order valence-corrected chi connectivity index (χ3v) is 7.98. The maximum atomic E-state index is 12.3. The van der Waals surface area contributed by atoms with Gasteiger partial charge in [-0.25, -0.2) is 21.1 Å². The smallest absolute Gasteiger partial charge is 0.223 e. The van der Waals surface area contributed by atoms with E-state index >= 15 is 0 Å². The molecule has 1 amide bonds. The van der Waals surface area contributed by atoms with Crippen LogP contribution >= 0.6 is 0 Å². The molecule has 0 radical (unpaired) electrons. The van der Waals surface area contributed by atoms with Crippen molar-refractivity contribution in [2.75, 3.05) is 64.9 Å². The number of hydrogen-bond acceptors (Lipinski definition) is 6. The summed E-state index contributed by atoms with van der Waals surface area (Å²) in [7, 11) is -4.61. The Balaban J connectivity index is 1.74. The number of rotatable bonds is 6. The number of piperazine rings is 1. The zero-order valence-corrected chi connectivity index (χ0v) is 16.5. The summed E-state index contributed by atoms with van der Waals surface area (Å²) in [5, 5.41) is 2.69. The van der Waals surface area contributed by atoms with Crippen LogP contribution in [-0.4, -0.2) is 101 Å².